The van der Waals surface area contributed by atoms with Crippen molar-refractivity contribution in [1.29, 1.82) is 0 Å². The van der Waals surface area contributed by atoms with Gasteiger partial charge in [0.05, 0.1) is 18.3 Å². The second-order valence-corrected chi connectivity index (χ2v) is 8.40. The summed E-state index contributed by atoms with van der Waals surface area (Å²) in [6.07, 6.45) is 1.65. The number of nitrogens with zero attached hydrogens (tertiary/aromatic N) is 5. The van der Waals surface area contributed by atoms with Crippen LogP contribution < -0.4 is 10.1 Å². The molecule has 1 aliphatic heterocycles. The minimum Gasteiger partial charge on any atom is -0.488 e. The van der Waals surface area contributed by atoms with Gasteiger partial charge in [0.1, 0.15) is 12.3 Å². The van der Waals surface area contributed by atoms with Gasteiger partial charge in [0.25, 0.3) is 0 Å². The number of aryl methyl sites for hydroxylation is 1. The number of halogens is 3. The molecule has 4 heterocycles. The van der Waals surface area contributed by atoms with Gasteiger partial charge in [0.15, 0.2) is 11.6 Å². The summed E-state index contributed by atoms with van der Waals surface area (Å²) in [5.41, 5.74) is 2.34. The Morgan fingerprint density at radius 3 is 2.78 bits per heavy atom. The number of hydrogen-bond acceptors (Lipinski definition) is 5. The molecule has 0 unspecified atom stereocenters. The SMILES string of the molecule is Cn1ncc(OC[C@H]2CCN2CC(F)(F)F)c1-c1ccn2nc(NC(=O)C3CC3)cc2c1. The first kappa shape index (κ1) is 20.8. The average Bonchev–Trinajstić information content (AvgIpc) is 3.40. The van der Waals surface area contributed by atoms with E-state index in [1.807, 2.05) is 12.1 Å². The van der Waals surface area contributed by atoms with E-state index < -0.39 is 12.7 Å². The number of alkyl halides is 3. The van der Waals surface area contributed by atoms with Gasteiger partial charge in [-0.05, 0) is 31.4 Å². The molecule has 0 aromatic carbocycles. The summed E-state index contributed by atoms with van der Waals surface area (Å²) in [5.74, 6) is 1.09. The maximum Gasteiger partial charge on any atom is 0.401 e. The molecule has 1 saturated carbocycles. The van der Waals surface area contributed by atoms with Crippen LogP contribution in [0.3, 0.4) is 0 Å². The van der Waals surface area contributed by atoms with Crippen molar-refractivity contribution in [3.63, 3.8) is 0 Å². The van der Waals surface area contributed by atoms with Gasteiger partial charge < -0.3 is 10.1 Å². The van der Waals surface area contributed by atoms with E-state index in [1.54, 1.807) is 34.7 Å². The quantitative estimate of drug-likeness (QED) is 0.601. The molecule has 0 spiro atoms. The number of carbonyl (C=O) groups excluding carboxylic acids is 1. The summed E-state index contributed by atoms with van der Waals surface area (Å²) in [6, 6.07) is 5.29. The molecule has 2 aliphatic rings. The lowest BCUT2D eigenvalue weighted by Crippen LogP contribution is -2.54. The number of hydrogen-bond donors (Lipinski definition) is 1. The lowest BCUT2D eigenvalue weighted by molar-refractivity contribution is -0.163. The maximum atomic E-state index is 12.7. The Hall–Kier alpha value is -3.08. The van der Waals surface area contributed by atoms with Gasteiger partial charge in [-0.3, -0.25) is 14.4 Å². The van der Waals surface area contributed by atoms with Crippen molar-refractivity contribution in [2.45, 2.75) is 31.5 Å². The van der Waals surface area contributed by atoms with E-state index in [0.717, 1.165) is 29.6 Å². The molecule has 3 aromatic rings. The van der Waals surface area contributed by atoms with Crippen LogP contribution in [-0.4, -0.2) is 62.1 Å². The van der Waals surface area contributed by atoms with Crippen molar-refractivity contribution in [2.24, 2.45) is 13.0 Å². The highest BCUT2D eigenvalue weighted by atomic mass is 19.4. The molecule has 1 atom stereocenters. The third-order valence-corrected chi connectivity index (χ3v) is 5.92. The number of carbonyl (C=O) groups is 1. The highest BCUT2D eigenvalue weighted by molar-refractivity contribution is 5.93. The molecule has 8 nitrogen and oxygen atoms in total. The Labute approximate surface area is 181 Å². The lowest BCUT2D eigenvalue weighted by atomic mass is 10.0. The van der Waals surface area contributed by atoms with Crippen molar-refractivity contribution in [2.75, 3.05) is 25.0 Å². The molecule has 1 saturated heterocycles. The number of pyridine rings is 1. The Balaban J connectivity index is 1.31. The number of likely N-dealkylation sites (tertiary alicyclic amines) is 1. The first-order chi connectivity index (χ1) is 15.3. The van der Waals surface area contributed by atoms with Crippen LogP contribution in [0.25, 0.3) is 16.8 Å². The van der Waals surface area contributed by atoms with Crippen molar-refractivity contribution >= 4 is 17.2 Å². The van der Waals surface area contributed by atoms with Crippen molar-refractivity contribution in [1.82, 2.24) is 24.3 Å². The number of nitrogens with one attached hydrogen (secondary N) is 1. The van der Waals surface area contributed by atoms with E-state index in [1.165, 1.54) is 4.90 Å². The third kappa shape index (κ3) is 4.29. The Morgan fingerprint density at radius 2 is 2.09 bits per heavy atom. The normalized spacial score (nSPS) is 19.2. The van der Waals surface area contributed by atoms with E-state index in [-0.39, 0.29) is 24.5 Å². The smallest absolute Gasteiger partial charge is 0.401 e. The zero-order valence-corrected chi connectivity index (χ0v) is 17.5. The molecular formula is C21H23F3N6O2. The Kier molecular flexibility index (Phi) is 5.07. The number of aromatic nitrogens is 4. The van der Waals surface area contributed by atoms with Gasteiger partial charge >= 0.3 is 6.18 Å². The number of anilines is 1. The summed E-state index contributed by atoms with van der Waals surface area (Å²) in [7, 11) is 1.78. The molecule has 1 amide bonds. The highest BCUT2D eigenvalue weighted by Gasteiger charge is 2.38. The van der Waals surface area contributed by atoms with E-state index in [4.69, 9.17) is 4.74 Å². The van der Waals surface area contributed by atoms with Crippen LogP contribution in [0.15, 0.2) is 30.6 Å². The second kappa shape index (κ2) is 7.80. The third-order valence-electron chi connectivity index (χ3n) is 5.92. The molecule has 32 heavy (non-hydrogen) atoms. The van der Waals surface area contributed by atoms with E-state index >= 15 is 0 Å². The maximum absolute atomic E-state index is 12.7. The number of amides is 1. The van der Waals surface area contributed by atoms with Crippen LogP contribution in [0.2, 0.25) is 0 Å². The molecule has 11 heteroatoms. The fraction of sp³-hybridized carbons (Fsp3) is 0.476. The van der Waals surface area contributed by atoms with Crippen LogP contribution in [0.5, 0.6) is 5.75 Å². The molecule has 0 radical (unpaired) electrons. The molecule has 170 valence electrons. The van der Waals surface area contributed by atoms with Gasteiger partial charge in [-0.25, -0.2) is 4.52 Å². The van der Waals surface area contributed by atoms with E-state index in [0.29, 0.717) is 24.5 Å². The van der Waals surface area contributed by atoms with Crippen LogP contribution in [0.1, 0.15) is 19.3 Å². The Morgan fingerprint density at radius 1 is 1.28 bits per heavy atom. The predicted octanol–water partition coefficient (Wildman–Crippen LogP) is 3.10. The average molecular weight is 448 g/mol. The van der Waals surface area contributed by atoms with Crippen LogP contribution >= 0.6 is 0 Å². The van der Waals surface area contributed by atoms with Gasteiger partial charge in [-0.2, -0.15) is 23.4 Å². The molecular weight excluding hydrogens is 425 g/mol. The molecule has 2 fully saturated rings. The van der Waals surface area contributed by atoms with Crippen molar-refractivity contribution in [3.05, 3.63) is 30.6 Å². The molecule has 1 aliphatic carbocycles. The zero-order chi connectivity index (χ0) is 22.5. The topological polar surface area (TPSA) is 76.7 Å². The Bertz CT molecular complexity index is 1150. The van der Waals surface area contributed by atoms with Gasteiger partial charge in [0.2, 0.25) is 5.91 Å². The van der Waals surface area contributed by atoms with E-state index in [2.05, 4.69) is 15.5 Å². The molecule has 1 N–H and O–H groups in total. The standard InChI is InChI=1S/C21H23F3N6O2/c1-28-19(17(10-25-28)32-11-15-5-6-29(15)12-21(22,23)24)14-4-7-30-16(8-14)9-18(27-30)26-20(31)13-2-3-13/h4,7-10,13,15H,2-3,5-6,11-12H2,1H3,(H,26,27,31)/t15-/m1/s1. The molecule has 5 rings (SSSR count). The summed E-state index contributed by atoms with van der Waals surface area (Å²) < 4.78 is 47.2. The van der Waals surface area contributed by atoms with Crippen molar-refractivity contribution in [3.8, 4) is 17.0 Å². The number of rotatable bonds is 7. The van der Waals surface area contributed by atoms with Crippen LogP contribution in [-0.2, 0) is 11.8 Å². The fourth-order valence-corrected chi connectivity index (χ4v) is 3.94. The monoisotopic (exact) mass is 448 g/mol. The van der Waals surface area contributed by atoms with Crippen LogP contribution in [0, 0.1) is 5.92 Å². The minimum absolute atomic E-state index is 0.00786. The summed E-state index contributed by atoms with van der Waals surface area (Å²) in [6.45, 7) is -0.329. The zero-order valence-electron chi connectivity index (χ0n) is 17.5. The number of fused-ring (bicyclic) bond motifs is 1. The van der Waals surface area contributed by atoms with Crippen molar-refractivity contribution < 1.29 is 22.7 Å². The highest BCUT2D eigenvalue weighted by Crippen LogP contribution is 2.33. The predicted molar refractivity (Wildman–Crippen MR) is 110 cm³/mol. The fourth-order valence-electron chi connectivity index (χ4n) is 3.94. The van der Waals surface area contributed by atoms with E-state index in [9.17, 15) is 18.0 Å². The lowest BCUT2D eigenvalue weighted by Gasteiger charge is -2.40. The van der Waals surface area contributed by atoms with Crippen LogP contribution in [0.4, 0.5) is 19.0 Å². The minimum atomic E-state index is -4.21. The summed E-state index contributed by atoms with van der Waals surface area (Å²) in [5, 5.41) is 11.5. The molecule has 3 aromatic heterocycles. The summed E-state index contributed by atoms with van der Waals surface area (Å²) >= 11 is 0. The first-order valence-electron chi connectivity index (χ1n) is 10.5. The number of ether oxygens (including phenoxy) is 1. The summed E-state index contributed by atoms with van der Waals surface area (Å²) in [4.78, 5) is 13.4. The first-order valence-corrected chi connectivity index (χ1v) is 10.5. The second-order valence-electron chi connectivity index (χ2n) is 8.40. The largest absolute Gasteiger partial charge is 0.488 e. The van der Waals surface area contributed by atoms with Gasteiger partial charge in [-0.15, -0.1) is 0 Å². The van der Waals surface area contributed by atoms with Gasteiger partial charge in [0, 0.05) is 43.4 Å². The molecule has 0 bridgehead atoms. The van der Waals surface area contributed by atoms with Gasteiger partial charge in [-0.1, -0.05) is 0 Å².